The predicted octanol–water partition coefficient (Wildman–Crippen LogP) is 3.26. The number of amidine groups is 1. The van der Waals surface area contributed by atoms with Gasteiger partial charge >= 0.3 is 0 Å². The number of aromatic nitrogens is 2. The van der Waals surface area contributed by atoms with E-state index >= 15 is 0 Å². The predicted molar refractivity (Wildman–Crippen MR) is 94.1 cm³/mol. The minimum absolute atomic E-state index is 0.0481. The molecule has 0 saturated carbocycles. The van der Waals surface area contributed by atoms with E-state index in [4.69, 9.17) is 22.1 Å². The van der Waals surface area contributed by atoms with Gasteiger partial charge in [-0.15, -0.1) is 0 Å². The van der Waals surface area contributed by atoms with Crippen LogP contribution < -0.4 is 10.4 Å². The molecule has 0 saturated heterocycles. The lowest BCUT2D eigenvalue weighted by Crippen LogP contribution is -2.27. The highest BCUT2D eigenvalue weighted by molar-refractivity contribution is 6.31. The number of anilines is 2. The fraction of sp³-hybridized carbons (Fsp3) is 0.125. The number of hydrogen-bond donors (Lipinski definition) is 5. The molecular weight excluding hydrogens is 387 g/mol. The average Bonchev–Trinajstić information content (AvgIpc) is 3.08. The molecule has 0 aliphatic carbocycles. The van der Waals surface area contributed by atoms with Crippen molar-refractivity contribution in [2.45, 2.75) is 0 Å². The van der Waals surface area contributed by atoms with Gasteiger partial charge in [0.15, 0.2) is 17.5 Å². The van der Waals surface area contributed by atoms with Gasteiger partial charge in [-0.3, -0.25) is 10.6 Å². The van der Waals surface area contributed by atoms with Crippen molar-refractivity contribution in [3.8, 4) is 0 Å². The lowest BCUT2D eigenvalue weighted by molar-refractivity contribution is 0.311. The molecule has 0 aliphatic heterocycles. The molecule has 0 atom stereocenters. The first-order chi connectivity index (χ1) is 12.8. The Kier molecular flexibility index (Phi) is 5.22. The second-order valence-electron chi connectivity index (χ2n) is 5.44. The quantitative estimate of drug-likeness (QED) is 0.257. The summed E-state index contributed by atoms with van der Waals surface area (Å²) in [6, 6.07) is 3.95. The maximum Gasteiger partial charge on any atom is 0.201 e. The van der Waals surface area contributed by atoms with Crippen molar-refractivity contribution < 1.29 is 23.5 Å². The van der Waals surface area contributed by atoms with E-state index in [0.29, 0.717) is 5.06 Å². The minimum atomic E-state index is -1.27. The zero-order chi connectivity index (χ0) is 19.7. The van der Waals surface area contributed by atoms with Crippen molar-refractivity contribution in [2.75, 3.05) is 23.5 Å². The first kappa shape index (κ1) is 19.0. The Balaban J connectivity index is 2.06. The summed E-state index contributed by atoms with van der Waals surface area (Å²) in [6.07, 6.45) is 0. The number of halogens is 4. The second kappa shape index (κ2) is 7.43. The zero-order valence-electron chi connectivity index (χ0n) is 13.5. The SMILES string of the molecule is N=C(c1cc(F)c(F)c2nc(NCCO)[nH]c12)N(O)c1ccc(F)c(Cl)c1. The Morgan fingerprint density at radius 3 is 2.67 bits per heavy atom. The van der Waals surface area contributed by atoms with Crippen LogP contribution in [0.1, 0.15) is 5.56 Å². The van der Waals surface area contributed by atoms with Crippen LogP contribution in [-0.4, -0.2) is 39.3 Å². The number of imidazole rings is 1. The van der Waals surface area contributed by atoms with E-state index in [-0.39, 0.29) is 46.4 Å². The van der Waals surface area contributed by atoms with Crippen LogP contribution in [0.4, 0.5) is 24.8 Å². The van der Waals surface area contributed by atoms with Gasteiger partial charge in [0, 0.05) is 12.1 Å². The second-order valence-corrected chi connectivity index (χ2v) is 5.85. The highest BCUT2D eigenvalue weighted by atomic mass is 35.5. The van der Waals surface area contributed by atoms with E-state index in [1.807, 2.05) is 0 Å². The number of hydroxylamine groups is 1. The third-order valence-corrected chi connectivity index (χ3v) is 3.97. The van der Waals surface area contributed by atoms with Crippen LogP contribution >= 0.6 is 11.6 Å². The summed E-state index contributed by atoms with van der Waals surface area (Å²) >= 11 is 5.66. The Bertz CT molecular complexity index is 1030. The molecule has 5 N–H and O–H groups in total. The molecule has 1 heterocycles. The molecular formula is C16H13ClF3N5O2. The van der Waals surface area contributed by atoms with Gasteiger partial charge in [0.1, 0.15) is 11.3 Å². The molecule has 1 aromatic heterocycles. The van der Waals surface area contributed by atoms with Gasteiger partial charge in [-0.1, -0.05) is 11.6 Å². The Morgan fingerprint density at radius 1 is 1.26 bits per heavy atom. The molecule has 3 rings (SSSR count). The maximum absolute atomic E-state index is 14.1. The summed E-state index contributed by atoms with van der Waals surface area (Å²) < 4.78 is 41.3. The molecule has 0 aliphatic rings. The van der Waals surface area contributed by atoms with E-state index in [0.717, 1.165) is 24.3 Å². The molecule has 11 heteroatoms. The molecule has 27 heavy (non-hydrogen) atoms. The fourth-order valence-electron chi connectivity index (χ4n) is 2.41. The Morgan fingerprint density at radius 2 is 2.00 bits per heavy atom. The van der Waals surface area contributed by atoms with Gasteiger partial charge in [-0.05, 0) is 24.3 Å². The summed E-state index contributed by atoms with van der Waals surface area (Å²) in [5.41, 5.74) is -0.689. The smallest absolute Gasteiger partial charge is 0.201 e. The molecule has 0 unspecified atom stereocenters. The summed E-state index contributed by atoms with van der Waals surface area (Å²) in [7, 11) is 0. The topological polar surface area (TPSA) is 108 Å². The number of fused-ring (bicyclic) bond motifs is 1. The number of benzene rings is 2. The van der Waals surface area contributed by atoms with Crippen molar-refractivity contribution in [2.24, 2.45) is 0 Å². The van der Waals surface area contributed by atoms with E-state index in [1.54, 1.807) is 0 Å². The van der Waals surface area contributed by atoms with Gasteiger partial charge in [0.2, 0.25) is 5.95 Å². The molecule has 3 aromatic rings. The fourth-order valence-corrected chi connectivity index (χ4v) is 2.58. The molecule has 7 nitrogen and oxygen atoms in total. The third-order valence-electron chi connectivity index (χ3n) is 3.68. The van der Waals surface area contributed by atoms with Crippen molar-refractivity contribution in [3.05, 3.63) is 52.3 Å². The van der Waals surface area contributed by atoms with E-state index in [1.165, 1.54) is 0 Å². The largest absolute Gasteiger partial charge is 0.395 e. The zero-order valence-corrected chi connectivity index (χ0v) is 14.3. The lowest BCUT2D eigenvalue weighted by Gasteiger charge is -2.18. The van der Waals surface area contributed by atoms with Gasteiger partial charge in [-0.25, -0.2) is 23.2 Å². The van der Waals surface area contributed by atoms with Crippen molar-refractivity contribution in [1.29, 1.82) is 5.41 Å². The number of rotatable bonds is 5. The number of nitrogens with zero attached hydrogens (tertiary/aromatic N) is 2. The molecule has 142 valence electrons. The number of aromatic amines is 1. The van der Waals surface area contributed by atoms with Crippen LogP contribution in [0.5, 0.6) is 0 Å². The van der Waals surface area contributed by atoms with Crippen LogP contribution in [0.2, 0.25) is 5.02 Å². The molecule has 0 fully saturated rings. The van der Waals surface area contributed by atoms with E-state index < -0.39 is 23.3 Å². The first-order valence-electron chi connectivity index (χ1n) is 7.59. The highest BCUT2D eigenvalue weighted by Gasteiger charge is 2.22. The molecule has 0 bridgehead atoms. The molecule has 0 amide bonds. The van der Waals surface area contributed by atoms with Gasteiger partial charge in [-0.2, -0.15) is 0 Å². The normalized spacial score (nSPS) is 11.0. The highest BCUT2D eigenvalue weighted by Crippen LogP contribution is 2.28. The molecule has 2 aromatic carbocycles. The van der Waals surface area contributed by atoms with Gasteiger partial charge in [0.05, 0.1) is 22.8 Å². The number of aliphatic hydroxyl groups is 1. The summed E-state index contributed by atoms with van der Waals surface area (Å²) in [6.45, 7) is -0.108. The van der Waals surface area contributed by atoms with Crippen LogP contribution in [0.25, 0.3) is 11.0 Å². The average molecular weight is 400 g/mol. The monoisotopic (exact) mass is 399 g/mol. The number of aliphatic hydroxyl groups excluding tert-OH is 1. The van der Waals surface area contributed by atoms with Gasteiger partial charge < -0.3 is 15.4 Å². The summed E-state index contributed by atoms with van der Waals surface area (Å²) in [5.74, 6) is -3.80. The van der Waals surface area contributed by atoms with Crippen LogP contribution in [0, 0.1) is 22.9 Å². The van der Waals surface area contributed by atoms with Crippen molar-refractivity contribution in [1.82, 2.24) is 9.97 Å². The maximum atomic E-state index is 14.1. The van der Waals surface area contributed by atoms with Crippen LogP contribution in [0.3, 0.4) is 0 Å². The van der Waals surface area contributed by atoms with E-state index in [9.17, 15) is 18.4 Å². The lowest BCUT2D eigenvalue weighted by atomic mass is 10.1. The number of nitrogens with one attached hydrogen (secondary N) is 3. The Hall–Kier alpha value is -2.82. The van der Waals surface area contributed by atoms with E-state index in [2.05, 4.69) is 15.3 Å². The molecule has 0 radical (unpaired) electrons. The van der Waals surface area contributed by atoms with Crippen molar-refractivity contribution >= 4 is 40.1 Å². The Labute approximate surface area is 155 Å². The molecule has 0 spiro atoms. The summed E-state index contributed by atoms with van der Waals surface area (Å²) in [5, 5.41) is 29.9. The minimum Gasteiger partial charge on any atom is -0.395 e. The standard InChI is InChI=1S/C16H13ClF3N5O2/c17-9-5-7(1-2-10(9)18)25(27)15(21)8-6-11(19)12(20)14-13(8)23-16(24-14)22-3-4-26/h1-2,5-6,21,26-27H,3-4H2,(H2,22,23,24). The summed E-state index contributed by atoms with van der Waals surface area (Å²) in [4.78, 5) is 6.52. The van der Waals surface area contributed by atoms with Crippen molar-refractivity contribution in [3.63, 3.8) is 0 Å². The van der Waals surface area contributed by atoms with Gasteiger partial charge in [0.25, 0.3) is 0 Å². The third kappa shape index (κ3) is 3.54. The first-order valence-corrected chi connectivity index (χ1v) is 7.96. The number of H-pyrrole nitrogens is 1. The van der Waals surface area contributed by atoms with Crippen LogP contribution in [-0.2, 0) is 0 Å². The number of hydrogen-bond acceptors (Lipinski definition) is 5. The van der Waals surface area contributed by atoms with Crippen LogP contribution in [0.15, 0.2) is 24.3 Å².